The largest absolute Gasteiger partial charge is 0.384 e. The summed E-state index contributed by atoms with van der Waals surface area (Å²) in [7, 11) is 6.61. The topological polar surface area (TPSA) is 27.6 Å². The normalized spacial score (nSPS) is 14.8. The third-order valence-electron chi connectivity index (χ3n) is 5.97. The van der Waals surface area contributed by atoms with Crippen molar-refractivity contribution in [2.75, 3.05) is 29.9 Å². The van der Waals surface area contributed by atoms with Gasteiger partial charge in [-0.15, -0.1) is 11.3 Å². The summed E-state index contributed by atoms with van der Waals surface area (Å²) in [5.74, 6) is 0. The quantitative estimate of drug-likeness (QED) is 0.237. The molecule has 6 heteroatoms. The molecule has 1 atom stereocenters. The summed E-state index contributed by atoms with van der Waals surface area (Å²) >= 11 is 1.76. The average Bonchev–Trinajstić information content (AvgIpc) is 3.28. The smallest absolute Gasteiger partial charge is 0.0959 e. The second-order valence-corrected chi connectivity index (χ2v) is 11.2. The fourth-order valence-electron chi connectivity index (χ4n) is 4.20. The van der Waals surface area contributed by atoms with Gasteiger partial charge in [-0.05, 0) is 66.7 Å². The number of unbranched alkanes of at least 4 members (excludes halogenated alkanes) is 4. The molecule has 3 aromatic rings. The molecule has 0 fully saturated rings. The zero-order valence-electron chi connectivity index (χ0n) is 18.7. The van der Waals surface area contributed by atoms with Crippen LogP contribution in [0.3, 0.4) is 0 Å². The zero-order chi connectivity index (χ0) is 21.8. The minimum absolute atomic E-state index is 0.514. The van der Waals surface area contributed by atoms with Crippen LogP contribution in [0.25, 0.3) is 10.1 Å². The highest BCUT2D eigenvalue weighted by Crippen LogP contribution is 2.45. The lowest BCUT2D eigenvalue weighted by molar-refractivity contribution is 0.645. The maximum atomic E-state index is 7.12. The standard InChI is InChI=1S/C25H32ClN3S2/c1-4-7-8-9-10-14-27-21-17-23-24(25-19(21)13-15-30-25)28-20-12-11-18(29(5-2)6-3)16-22(20)31(23)26/h11-13,15-17,27H,4-10,14H2,1-3H3. The van der Waals surface area contributed by atoms with E-state index in [2.05, 4.69) is 66.7 Å². The Morgan fingerprint density at radius 3 is 2.61 bits per heavy atom. The molecule has 166 valence electrons. The summed E-state index contributed by atoms with van der Waals surface area (Å²) in [6.07, 6.45) is 6.43. The zero-order valence-corrected chi connectivity index (χ0v) is 21.1. The number of rotatable bonds is 10. The second kappa shape index (κ2) is 10.4. The van der Waals surface area contributed by atoms with Crippen LogP contribution in [0, 0.1) is 4.51 Å². The molecular formula is C25H32ClN3S2. The molecule has 0 spiro atoms. The van der Waals surface area contributed by atoms with Crippen LogP contribution < -0.4 is 15.6 Å². The summed E-state index contributed by atoms with van der Waals surface area (Å²) in [6.45, 7) is 9.62. The molecule has 2 heterocycles. The lowest BCUT2D eigenvalue weighted by Gasteiger charge is -2.23. The molecular weight excluding hydrogens is 442 g/mol. The number of halogens is 1. The van der Waals surface area contributed by atoms with Crippen molar-refractivity contribution < 1.29 is 0 Å². The van der Waals surface area contributed by atoms with Gasteiger partial charge in [-0.3, -0.25) is 0 Å². The van der Waals surface area contributed by atoms with Gasteiger partial charge in [-0.1, -0.05) is 42.3 Å². The highest BCUT2D eigenvalue weighted by molar-refractivity contribution is 8.29. The fraction of sp³-hybridized carbons (Fsp3) is 0.440. The Morgan fingerprint density at radius 2 is 1.84 bits per heavy atom. The number of fused-ring (bicyclic) bond motifs is 4. The van der Waals surface area contributed by atoms with Crippen molar-refractivity contribution in [2.24, 2.45) is 4.99 Å². The van der Waals surface area contributed by atoms with E-state index in [0.29, 0.717) is 0 Å². The summed E-state index contributed by atoms with van der Waals surface area (Å²) in [6, 6.07) is 11.0. The van der Waals surface area contributed by atoms with Gasteiger partial charge >= 0.3 is 0 Å². The van der Waals surface area contributed by atoms with Crippen LogP contribution in [-0.4, -0.2) is 19.6 Å². The molecule has 0 saturated heterocycles. The predicted molar refractivity (Wildman–Crippen MR) is 140 cm³/mol. The summed E-state index contributed by atoms with van der Waals surface area (Å²) in [5.41, 5.74) is 3.43. The summed E-state index contributed by atoms with van der Waals surface area (Å²) < 4.78 is 2.39. The van der Waals surface area contributed by atoms with E-state index < -0.39 is 9.70 Å². The third kappa shape index (κ3) is 4.64. The van der Waals surface area contributed by atoms with Gasteiger partial charge in [-0.2, -0.15) is 0 Å². The first-order chi connectivity index (χ1) is 15.2. The second-order valence-electron chi connectivity index (χ2n) is 7.97. The van der Waals surface area contributed by atoms with Gasteiger partial charge in [0.15, 0.2) is 0 Å². The Balaban J connectivity index is 1.72. The Bertz CT molecular complexity index is 1180. The SMILES string of the molecule is CCCCCCCNc1cc2c(c3sccc13)=Nc1ccc(N(CC)CC)cc1S=2Cl. The molecule has 3 nitrogen and oxygen atoms in total. The molecule has 2 aromatic carbocycles. The molecule has 31 heavy (non-hydrogen) atoms. The average molecular weight is 474 g/mol. The lowest BCUT2D eigenvalue weighted by atomic mass is 10.1. The molecule has 4 rings (SSSR count). The van der Waals surface area contributed by atoms with E-state index in [1.54, 1.807) is 11.3 Å². The highest BCUT2D eigenvalue weighted by Gasteiger charge is 2.17. The van der Waals surface area contributed by atoms with Crippen LogP contribution >= 0.6 is 31.7 Å². The van der Waals surface area contributed by atoms with Crippen LogP contribution in [0.4, 0.5) is 17.1 Å². The van der Waals surface area contributed by atoms with Crippen molar-refractivity contribution in [2.45, 2.75) is 57.8 Å². The predicted octanol–water partition coefficient (Wildman–Crippen LogP) is 8.13. The monoisotopic (exact) mass is 473 g/mol. The van der Waals surface area contributed by atoms with Crippen molar-refractivity contribution in [3.05, 3.63) is 45.6 Å². The molecule has 1 aliphatic rings. The van der Waals surface area contributed by atoms with Crippen molar-refractivity contribution >= 4 is 58.9 Å². The van der Waals surface area contributed by atoms with E-state index in [0.717, 1.165) is 40.1 Å². The number of nitrogens with zero attached hydrogens (tertiary/aromatic N) is 2. The van der Waals surface area contributed by atoms with Crippen molar-refractivity contribution in [3.8, 4) is 0 Å². The first kappa shape index (κ1) is 22.6. The van der Waals surface area contributed by atoms with Gasteiger partial charge in [0.2, 0.25) is 0 Å². The first-order valence-electron chi connectivity index (χ1n) is 11.5. The van der Waals surface area contributed by atoms with E-state index in [-0.39, 0.29) is 0 Å². The van der Waals surface area contributed by atoms with Crippen LogP contribution in [0.15, 0.2) is 45.6 Å². The van der Waals surface area contributed by atoms with E-state index in [4.69, 9.17) is 15.7 Å². The lowest BCUT2D eigenvalue weighted by Crippen LogP contribution is -2.21. The Labute approximate surface area is 196 Å². The maximum Gasteiger partial charge on any atom is 0.0959 e. The molecule has 0 saturated carbocycles. The number of nitrogens with one attached hydrogen (secondary N) is 1. The summed E-state index contributed by atoms with van der Waals surface area (Å²) in [5, 5.41) is 8.18. The van der Waals surface area contributed by atoms with Gasteiger partial charge in [0.05, 0.1) is 15.7 Å². The molecule has 0 aliphatic carbocycles. The number of hydrogen-bond donors (Lipinski definition) is 1. The van der Waals surface area contributed by atoms with Crippen molar-refractivity contribution in [3.63, 3.8) is 0 Å². The number of thiophene rings is 1. The van der Waals surface area contributed by atoms with Crippen LogP contribution in [-0.2, 0) is 0 Å². The maximum absolute atomic E-state index is 7.12. The van der Waals surface area contributed by atoms with Crippen LogP contribution in [0.2, 0.25) is 0 Å². The van der Waals surface area contributed by atoms with E-state index in [9.17, 15) is 0 Å². The van der Waals surface area contributed by atoms with Crippen molar-refractivity contribution in [1.29, 1.82) is 0 Å². The van der Waals surface area contributed by atoms with Crippen molar-refractivity contribution in [1.82, 2.24) is 0 Å². The first-order valence-corrected chi connectivity index (χ1v) is 14.4. The Kier molecular flexibility index (Phi) is 7.57. The van der Waals surface area contributed by atoms with Crippen LogP contribution in [0.5, 0.6) is 0 Å². The summed E-state index contributed by atoms with van der Waals surface area (Å²) in [4.78, 5) is 8.57. The molecule has 1 N–H and O–H groups in total. The van der Waals surface area contributed by atoms with Gasteiger partial charge in [0.25, 0.3) is 0 Å². The van der Waals surface area contributed by atoms with E-state index in [1.165, 1.54) is 53.6 Å². The number of benzene rings is 2. The highest BCUT2D eigenvalue weighted by atomic mass is 35.7. The molecule has 1 aromatic heterocycles. The molecule has 0 bridgehead atoms. The Hall–Kier alpha value is -1.56. The molecule has 1 aliphatic heterocycles. The molecule has 0 amide bonds. The van der Waals surface area contributed by atoms with Gasteiger partial charge < -0.3 is 10.2 Å². The fourth-order valence-corrected chi connectivity index (χ4v) is 7.20. The third-order valence-corrected chi connectivity index (χ3v) is 9.29. The molecule has 0 radical (unpaired) electrons. The number of hydrogen-bond acceptors (Lipinski definition) is 4. The number of anilines is 2. The van der Waals surface area contributed by atoms with Gasteiger partial charge in [0, 0.05) is 45.8 Å². The molecule has 1 unspecified atom stereocenters. The van der Waals surface area contributed by atoms with E-state index in [1.807, 2.05) is 0 Å². The van der Waals surface area contributed by atoms with Gasteiger partial charge in [0.1, 0.15) is 0 Å². The van der Waals surface area contributed by atoms with Gasteiger partial charge in [-0.25, -0.2) is 4.99 Å². The minimum Gasteiger partial charge on any atom is -0.384 e. The minimum atomic E-state index is -0.514. The Morgan fingerprint density at radius 1 is 1.03 bits per heavy atom. The van der Waals surface area contributed by atoms with Crippen LogP contribution in [0.1, 0.15) is 52.9 Å². The van der Waals surface area contributed by atoms with E-state index >= 15 is 0 Å².